The summed E-state index contributed by atoms with van der Waals surface area (Å²) < 4.78 is 136. The number of rotatable bonds is 12. The molecule has 0 aliphatic rings. The molecule has 3 atom stereocenters. The van der Waals surface area contributed by atoms with Gasteiger partial charge in [-0.15, -0.1) is 0 Å². The summed E-state index contributed by atoms with van der Waals surface area (Å²) in [6.45, 7) is -2.31. The SMILES string of the molecule is CC(OCC(F)(F)F)OB(OC(C)OCC(F)(F)F)OC(C)OCC(F)(F)F. The first-order valence-electron chi connectivity index (χ1n) is 7.48. The lowest BCUT2D eigenvalue weighted by molar-refractivity contribution is -0.239. The largest absolute Gasteiger partial charge is 0.645 e. The molecule has 0 spiro atoms. The van der Waals surface area contributed by atoms with Gasteiger partial charge < -0.3 is 28.2 Å². The quantitative estimate of drug-likeness (QED) is 0.262. The Labute approximate surface area is 154 Å². The minimum absolute atomic E-state index is 0.966. The van der Waals surface area contributed by atoms with Gasteiger partial charge in [-0.25, -0.2) is 0 Å². The third-order valence-electron chi connectivity index (χ3n) is 2.35. The smallest absolute Gasteiger partial charge is 0.360 e. The van der Waals surface area contributed by atoms with Gasteiger partial charge in [0.15, 0.2) is 0 Å². The molecule has 0 aliphatic heterocycles. The maximum atomic E-state index is 12.1. The number of hydrogen-bond acceptors (Lipinski definition) is 6. The summed E-state index contributed by atoms with van der Waals surface area (Å²) in [6.07, 6.45) is -19.1. The molecule has 0 rings (SSSR count). The monoisotopic (exact) mass is 440 g/mol. The molecule has 0 fully saturated rings. The molecule has 0 aromatic heterocycles. The second-order valence-corrected chi connectivity index (χ2v) is 5.18. The topological polar surface area (TPSA) is 55.4 Å². The van der Waals surface area contributed by atoms with Gasteiger partial charge in [-0.05, 0) is 20.8 Å². The Kier molecular flexibility index (Phi) is 11.1. The van der Waals surface area contributed by atoms with Crippen LogP contribution in [0.15, 0.2) is 0 Å². The summed E-state index contributed by atoms with van der Waals surface area (Å²) in [7, 11) is -2.06. The van der Waals surface area contributed by atoms with Gasteiger partial charge >= 0.3 is 25.9 Å². The minimum Gasteiger partial charge on any atom is -0.360 e. The standard InChI is InChI=1S/C12H18BF9O6/c1-7(23-4-10(14,15)16)26-13(27-8(2)24-5-11(17,18)19)28-9(3)25-6-12(20,21)22/h7-9H,4-6H2,1-3H3. The maximum absolute atomic E-state index is 12.1. The summed E-state index contributed by atoms with van der Waals surface area (Å²) >= 11 is 0. The van der Waals surface area contributed by atoms with Crippen LogP contribution in [0.3, 0.4) is 0 Å². The zero-order chi connectivity index (χ0) is 22.2. The van der Waals surface area contributed by atoms with Crippen molar-refractivity contribution >= 4 is 7.32 Å². The van der Waals surface area contributed by atoms with E-state index in [0.29, 0.717) is 0 Å². The van der Waals surface area contributed by atoms with Crippen LogP contribution in [0, 0.1) is 0 Å². The normalized spacial score (nSPS) is 16.7. The van der Waals surface area contributed by atoms with Crippen molar-refractivity contribution < 1.29 is 67.7 Å². The summed E-state index contributed by atoms with van der Waals surface area (Å²) in [6, 6.07) is 0. The van der Waals surface area contributed by atoms with E-state index in [9.17, 15) is 39.5 Å². The van der Waals surface area contributed by atoms with E-state index in [2.05, 4.69) is 14.2 Å². The number of alkyl halides is 9. The molecule has 0 radical (unpaired) electrons. The van der Waals surface area contributed by atoms with Crippen LogP contribution in [0.5, 0.6) is 0 Å². The molecule has 28 heavy (non-hydrogen) atoms. The van der Waals surface area contributed by atoms with Crippen molar-refractivity contribution in [2.75, 3.05) is 19.8 Å². The van der Waals surface area contributed by atoms with Crippen LogP contribution in [-0.2, 0) is 28.2 Å². The summed E-state index contributed by atoms with van der Waals surface area (Å²) in [5, 5.41) is 0. The third kappa shape index (κ3) is 17.3. The van der Waals surface area contributed by atoms with E-state index in [1.54, 1.807) is 0 Å². The highest BCUT2D eigenvalue weighted by Crippen LogP contribution is 2.19. The second-order valence-electron chi connectivity index (χ2n) is 5.18. The second kappa shape index (κ2) is 11.4. The molecule has 16 heteroatoms. The molecule has 0 saturated heterocycles. The number of halogens is 9. The molecule has 0 aromatic carbocycles. The van der Waals surface area contributed by atoms with Gasteiger partial charge in [0.25, 0.3) is 0 Å². The molecular formula is C12H18BF9O6. The highest BCUT2D eigenvalue weighted by molar-refractivity contribution is 6.36. The van der Waals surface area contributed by atoms with Crippen molar-refractivity contribution in [2.24, 2.45) is 0 Å². The lowest BCUT2D eigenvalue weighted by atomic mass is 10.2. The Bertz CT molecular complexity index is 369. The highest BCUT2D eigenvalue weighted by Gasteiger charge is 2.36. The Morgan fingerprint density at radius 1 is 0.536 bits per heavy atom. The van der Waals surface area contributed by atoms with Crippen LogP contribution >= 0.6 is 0 Å². The van der Waals surface area contributed by atoms with Crippen molar-refractivity contribution in [1.82, 2.24) is 0 Å². The summed E-state index contributed by atoms with van der Waals surface area (Å²) in [5.74, 6) is 0. The maximum Gasteiger partial charge on any atom is 0.645 e. The predicted molar refractivity (Wildman–Crippen MR) is 73.4 cm³/mol. The first kappa shape index (κ1) is 27.2. The molecule has 3 unspecified atom stereocenters. The van der Waals surface area contributed by atoms with Gasteiger partial charge in [0.2, 0.25) is 0 Å². The zero-order valence-corrected chi connectivity index (χ0v) is 14.8. The van der Waals surface area contributed by atoms with Gasteiger partial charge in [-0.3, -0.25) is 0 Å². The van der Waals surface area contributed by atoms with Gasteiger partial charge in [0, 0.05) is 0 Å². The van der Waals surface area contributed by atoms with E-state index in [1.165, 1.54) is 0 Å². The molecule has 0 heterocycles. The van der Waals surface area contributed by atoms with Crippen LogP contribution in [0.25, 0.3) is 0 Å². The summed E-state index contributed by atoms with van der Waals surface area (Å²) in [5.41, 5.74) is 0. The number of hydrogen-bond donors (Lipinski definition) is 0. The van der Waals surface area contributed by atoms with Crippen molar-refractivity contribution in [3.05, 3.63) is 0 Å². The molecule has 6 nitrogen and oxygen atoms in total. The Morgan fingerprint density at radius 3 is 0.929 bits per heavy atom. The lowest BCUT2D eigenvalue weighted by Gasteiger charge is -2.25. The number of ether oxygens (including phenoxy) is 3. The van der Waals surface area contributed by atoms with Crippen LogP contribution in [0.2, 0.25) is 0 Å². The Morgan fingerprint density at radius 2 is 0.750 bits per heavy atom. The molecular weight excluding hydrogens is 422 g/mol. The van der Waals surface area contributed by atoms with Gasteiger partial charge in [0.05, 0.1) is 0 Å². The van der Waals surface area contributed by atoms with Crippen LogP contribution in [0.4, 0.5) is 39.5 Å². The average molecular weight is 440 g/mol. The molecule has 0 aliphatic carbocycles. The lowest BCUT2D eigenvalue weighted by Crippen LogP contribution is -2.40. The zero-order valence-electron chi connectivity index (χ0n) is 14.8. The first-order chi connectivity index (χ1) is 12.5. The molecule has 0 saturated carbocycles. The Hall–Kier alpha value is -0.805. The van der Waals surface area contributed by atoms with E-state index in [0.717, 1.165) is 20.8 Å². The van der Waals surface area contributed by atoms with Crippen LogP contribution in [-0.4, -0.2) is 64.5 Å². The fraction of sp³-hybridized carbons (Fsp3) is 1.00. The van der Waals surface area contributed by atoms with Crippen molar-refractivity contribution in [3.63, 3.8) is 0 Å². The molecule has 0 bridgehead atoms. The van der Waals surface area contributed by atoms with Crippen molar-refractivity contribution in [1.29, 1.82) is 0 Å². The average Bonchev–Trinajstić information content (AvgIpc) is 2.47. The third-order valence-corrected chi connectivity index (χ3v) is 2.35. The van der Waals surface area contributed by atoms with E-state index < -0.39 is 64.5 Å². The molecule has 0 aromatic rings. The van der Waals surface area contributed by atoms with E-state index in [1.807, 2.05) is 0 Å². The first-order valence-corrected chi connectivity index (χ1v) is 7.48. The van der Waals surface area contributed by atoms with Gasteiger partial charge in [-0.2, -0.15) is 39.5 Å². The Balaban J connectivity index is 4.75. The van der Waals surface area contributed by atoms with Gasteiger partial charge in [-0.1, -0.05) is 0 Å². The molecule has 168 valence electrons. The molecule has 0 N–H and O–H groups in total. The summed E-state index contributed by atoms with van der Waals surface area (Å²) in [4.78, 5) is 0. The van der Waals surface area contributed by atoms with E-state index in [4.69, 9.17) is 14.0 Å². The highest BCUT2D eigenvalue weighted by atomic mass is 19.4. The van der Waals surface area contributed by atoms with Gasteiger partial charge in [0.1, 0.15) is 38.7 Å². The predicted octanol–water partition coefficient (Wildman–Crippen LogP) is 3.80. The fourth-order valence-electron chi connectivity index (χ4n) is 1.32. The van der Waals surface area contributed by atoms with E-state index in [-0.39, 0.29) is 0 Å². The molecule has 0 amide bonds. The van der Waals surface area contributed by atoms with Crippen LogP contribution < -0.4 is 0 Å². The van der Waals surface area contributed by atoms with E-state index >= 15 is 0 Å². The van der Waals surface area contributed by atoms with Crippen molar-refractivity contribution in [3.8, 4) is 0 Å². The fourth-order valence-corrected chi connectivity index (χ4v) is 1.32. The van der Waals surface area contributed by atoms with Crippen molar-refractivity contribution in [2.45, 2.75) is 58.2 Å². The minimum atomic E-state index is -4.71. The van der Waals surface area contributed by atoms with Crippen LogP contribution in [0.1, 0.15) is 20.8 Å².